The predicted octanol–water partition coefficient (Wildman–Crippen LogP) is 3.62. The number of amides is 1. The minimum absolute atomic E-state index is 0.0289. The molecule has 0 atom stereocenters. The van der Waals surface area contributed by atoms with Crippen molar-refractivity contribution in [1.29, 1.82) is 0 Å². The third-order valence-electron chi connectivity index (χ3n) is 4.18. The monoisotopic (exact) mass is 347 g/mol. The third kappa shape index (κ3) is 5.09. The molecule has 1 aliphatic rings. The molecule has 0 aromatic carbocycles. The van der Waals surface area contributed by atoms with E-state index in [2.05, 4.69) is 16.9 Å². The van der Waals surface area contributed by atoms with Gasteiger partial charge < -0.3 is 4.90 Å². The Hall–Kier alpha value is -1.31. The summed E-state index contributed by atoms with van der Waals surface area (Å²) in [6.45, 7) is 2.21. The molecule has 0 saturated heterocycles. The van der Waals surface area contributed by atoms with Crippen molar-refractivity contribution >= 4 is 17.7 Å². The predicted molar refractivity (Wildman–Crippen MR) is 81.9 cm³/mol. The van der Waals surface area contributed by atoms with Gasteiger partial charge in [-0.15, -0.1) is 0 Å². The summed E-state index contributed by atoms with van der Waals surface area (Å²) < 4.78 is 37.8. The molecule has 0 aliphatic heterocycles. The second-order valence-electron chi connectivity index (χ2n) is 5.93. The Morgan fingerprint density at radius 3 is 2.61 bits per heavy atom. The van der Waals surface area contributed by atoms with Gasteiger partial charge in [-0.1, -0.05) is 18.7 Å². The second-order valence-corrected chi connectivity index (χ2v) is 6.87. The highest BCUT2D eigenvalue weighted by atomic mass is 32.2. The van der Waals surface area contributed by atoms with E-state index in [0.29, 0.717) is 5.92 Å². The number of aromatic nitrogens is 2. The van der Waals surface area contributed by atoms with E-state index in [0.717, 1.165) is 49.7 Å². The lowest BCUT2D eigenvalue weighted by molar-refractivity contribution is -0.141. The maximum absolute atomic E-state index is 12.6. The first kappa shape index (κ1) is 18.0. The summed E-state index contributed by atoms with van der Waals surface area (Å²) in [6, 6.07) is 1.04. The normalized spacial score (nSPS) is 22.0. The van der Waals surface area contributed by atoms with Gasteiger partial charge in [-0.25, -0.2) is 9.97 Å². The fraction of sp³-hybridized carbons (Fsp3) is 0.667. The highest BCUT2D eigenvalue weighted by Crippen LogP contribution is 2.29. The molecule has 23 heavy (non-hydrogen) atoms. The molecular weight excluding hydrogens is 327 g/mol. The number of halogens is 3. The minimum Gasteiger partial charge on any atom is -0.342 e. The molecule has 1 fully saturated rings. The standard InChI is InChI=1S/C15H20F3N3OS/c1-10-3-5-11(6-4-10)21(2)13(22)9-23-14-19-8-7-12(20-14)15(16,17)18/h7-8,10-11H,3-6,9H2,1-2H3. The van der Waals surface area contributed by atoms with Gasteiger partial charge in [0.15, 0.2) is 5.16 Å². The van der Waals surface area contributed by atoms with Gasteiger partial charge in [-0.3, -0.25) is 4.79 Å². The first-order valence-electron chi connectivity index (χ1n) is 7.56. The van der Waals surface area contributed by atoms with Gasteiger partial charge in [-0.2, -0.15) is 13.2 Å². The molecule has 8 heteroatoms. The average Bonchev–Trinajstić information content (AvgIpc) is 2.52. The number of hydrogen-bond donors (Lipinski definition) is 0. The molecule has 0 unspecified atom stereocenters. The lowest BCUT2D eigenvalue weighted by Crippen LogP contribution is -2.40. The summed E-state index contributed by atoms with van der Waals surface area (Å²) in [7, 11) is 1.76. The van der Waals surface area contributed by atoms with Gasteiger partial charge >= 0.3 is 6.18 Å². The highest BCUT2D eigenvalue weighted by Gasteiger charge is 2.33. The SMILES string of the molecule is CC1CCC(N(C)C(=O)CSc2nccc(C(F)(F)F)n2)CC1. The van der Waals surface area contributed by atoms with Gasteiger partial charge in [0.1, 0.15) is 5.69 Å². The van der Waals surface area contributed by atoms with E-state index in [9.17, 15) is 18.0 Å². The smallest absolute Gasteiger partial charge is 0.342 e. The summed E-state index contributed by atoms with van der Waals surface area (Å²) >= 11 is 0.938. The zero-order valence-corrected chi connectivity index (χ0v) is 14.0. The van der Waals surface area contributed by atoms with Crippen LogP contribution in [0.1, 0.15) is 38.3 Å². The fourth-order valence-electron chi connectivity index (χ4n) is 2.63. The average molecular weight is 347 g/mol. The molecule has 1 saturated carbocycles. The Morgan fingerprint density at radius 2 is 2.00 bits per heavy atom. The third-order valence-corrected chi connectivity index (χ3v) is 5.02. The van der Waals surface area contributed by atoms with Gasteiger partial charge in [-0.05, 0) is 37.7 Å². The molecule has 128 valence electrons. The second kappa shape index (κ2) is 7.51. The summed E-state index contributed by atoms with van der Waals surface area (Å²) in [5.74, 6) is 0.641. The first-order chi connectivity index (χ1) is 10.8. The van der Waals surface area contributed by atoms with Crippen LogP contribution in [-0.2, 0) is 11.0 Å². The van der Waals surface area contributed by atoms with Crippen LogP contribution in [0.5, 0.6) is 0 Å². The van der Waals surface area contributed by atoms with Crippen molar-refractivity contribution in [2.24, 2.45) is 5.92 Å². The van der Waals surface area contributed by atoms with Crippen molar-refractivity contribution in [2.75, 3.05) is 12.8 Å². The maximum Gasteiger partial charge on any atom is 0.433 e. The van der Waals surface area contributed by atoms with Crippen LogP contribution in [0.2, 0.25) is 0 Å². The van der Waals surface area contributed by atoms with Crippen LogP contribution in [0, 0.1) is 5.92 Å². The number of carbonyl (C=O) groups excluding carboxylic acids is 1. The number of hydrogen-bond acceptors (Lipinski definition) is 4. The Kier molecular flexibility index (Phi) is 5.89. The number of nitrogens with zero attached hydrogens (tertiary/aromatic N) is 3. The van der Waals surface area contributed by atoms with E-state index in [1.54, 1.807) is 11.9 Å². The summed E-state index contributed by atoms with van der Waals surface area (Å²) in [5, 5.41) is -0.0289. The molecule has 1 aromatic rings. The Balaban J connectivity index is 1.89. The Bertz CT molecular complexity index is 545. The van der Waals surface area contributed by atoms with Crippen molar-refractivity contribution in [2.45, 2.75) is 50.0 Å². The molecule has 1 aliphatic carbocycles. The van der Waals surface area contributed by atoms with Crippen LogP contribution in [0.3, 0.4) is 0 Å². The van der Waals surface area contributed by atoms with Crippen molar-refractivity contribution < 1.29 is 18.0 Å². The summed E-state index contributed by atoms with van der Waals surface area (Å²) in [6.07, 6.45) is 0.729. The fourth-order valence-corrected chi connectivity index (χ4v) is 3.38. The van der Waals surface area contributed by atoms with Crippen molar-refractivity contribution in [1.82, 2.24) is 14.9 Å². The molecule has 1 aromatic heterocycles. The van der Waals surface area contributed by atoms with Crippen molar-refractivity contribution in [3.8, 4) is 0 Å². The van der Waals surface area contributed by atoms with E-state index >= 15 is 0 Å². The van der Waals surface area contributed by atoms with Crippen molar-refractivity contribution in [3.63, 3.8) is 0 Å². The van der Waals surface area contributed by atoms with E-state index in [1.165, 1.54) is 0 Å². The zero-order valence-electron chi connectivity index (χ0n) is 13.1. The molecule has 1 heterocycles. The lowest BCUT2D eigenvalue weighted by atomic mass is 9.87. The molecule has 0 N–H and O–H groups in total. The lowest BCUT2D eigenvalue weighted by Gasteiger charge is -2.33. The van der Waals surface area contributed by atoms with Gasteiger partial charge in [0.25, 0.3) is 0 Å². The minimum atomic E-state index is -4.50. The van der Waals surface area contributed by atoms with Crippen LogP contribution in [0.4, 0.5) is 13.2 Å². The van der Waals surface area contributed by atoms with E-state index < -0.39 is 11.9 Å². The maximum atomic E-state index is 12.6. The molecule has 0 bridgehead atoms. The van der Waals surface area contributed by atoms with Gasteiger partial charge in [0.05, 0.1) is 5.75 Å². The number of thioether (sulfide) groups is 1. The number of alkyl halides is 3. The molecular formula is C15H20F3N3OS. The van der Waals surface area contributed by atoms with Gasteiger partial charge in [0, 0.05) is 19.3 Å². The first-order valence-corrected chi connectivity index (χ1v) is 8.54. The number of rotatable bonds is 4. The zero-order chi connectivity index (χ0) is 17.0. The van der Waals surface area contributed by atoms with E-state index in [1.807, 2.05) is 0 Å². The van der Waals surface area contributed by atoms with E-state index in [4.69, 9.17) is 0 Å². The topological polar surface area (TPSA) is 46.1 Å². The number of carbonyl (C=O) groups is 1. The van der Waals surface area contributed by atoms with Crippen LogP contribution < -0.4 is 0 Å². The molecule has 2 rings (SSSR count). The summed E-state index contributed by atoms with van der Waals surface area (Å²) in [4.78, 5) is 21.2. The van der Waals surface area contributed by atoms with Crippen LogP contribution in [0.25, 0.3) is 0 Å². The molecule has 1 amide bonds. The molecule has 0 spiro atoms. The van der Waals surface area contributed by atoms with Crippen LogP contribution in [-0.4, -0.2) is 39.6 Å². The Labute approximate surface area is 137 Å². The molecule has 0 radical (unpaired) electrons. The summed E-state index contributed by atoms with van der Waals surface area (Å²) in [5.41, 5.74) is -0.989. The largest absolute Gasteiger partial charge is 0.433 e. The van der Waals surface area contributed by atoms with Crippen LogP contribution >= 0.6 is 11.8 Å². The van der Waals surface area contributed by atoms with Crippen molar-refractivity contribution in [3.05, 3.63) is 18.0 Å². The van der Waals surface area contributed by atoms with Gasteiger partial charge in [0.2, 0.25) is 5.91 Å². The van der Waals surface area contributed by atoms with E-state index in [-0.39, 0.29) is 22.9 Å². The highest BCUT2D eigenvalue weighted by molar-refractivity contribution is 7.99. The molecule has 4 nitrogen and oxygen atoms in total. The quantitative estimate of drug-likeness (QED) is 0.616. The van der Waals surface area contributed by atoms with Crippen LogP contribution in [0.15, 0.2) is 17.4 Å². The Morgan fingerprint density at radius 1 is 1.35 bits per heavy atom.